The summed E-state index contributed by atoms with van der Waals surface area (Å²) in [4.78, 5) is 20.7. The van der Waals surface area contributed by atoms with Gasteiger partial charge in [0.25, 0.3) is 5.69 Å². The molecule has 0 aliphatic carbocycles. The molecule has 7 heteroatoms. The Morgan fingerprint density at radius 2 is 1.30 bits per heavy atom. The third-order valence-electron chi connectivity index (χ3n) is 2.90. The maximum Gasteiger partial charge on any atom is 0.269 e. The summed E-state index contributed by atoms with van der Waals surface area (Å²) in [6.45, 7) is 0. The van der Waals surface area contributed by atoms with Crippen LogP contribution in [-0.2, 0) is 0 Å². The summed E-state index contributed by atoms with van der Waals surface area (Å²) in [5, 5.41) is 21.6. The standard InChI is InChI=1S/C13H11N3O4/c1-14(16(19)20)12-6-2-10(3-7-12)11-4-8-13(9-5-11)15(17)18/h2-9H,1H3. The Kier molecular flexibility index (Phi) is 3.60. The molecule has 0 amide bonds. The van der Waals surface area contributed by atoms with Gasteiger partial charge in [0.05, 0.1) is 12.0 Å². The molecule has 7 nitrogen and oxygen atoms in total. The van der Waals surface area contributed by atoms with Crippen LogP contribution in [0.2, 0.25) is 0 Å². The Morgan fingerprint density at radius 3 is 1.70 bits per heavy atom. The average Bonchev–Trinajstić information content (AvgIpc) is 2.46. The largest absolute Gasteiger partial charge is 0.269 e. The molecule has 2 aromatic rings. The Labute approximate surface area is 114 Å². The fourth-order valence-electron chi connectivity index (χ4n) is 1.74. The van der Waals surface area contributed by atoms with E-state index in [0.29, 0.717) is 5.69 Å². The molecule has 0 saturated heterocycles. The Balaban J connectivity index is 2.25. The van der Waals surface area contributed by atoms with Gasteiger partial charge < -0.3 is 0 Å². The summed E-state index contributed by atoms with van der Waals surface area (Å²) in [6, 6.07) is 12.8. The lowest BCUT2D eigenvalue weighted by atomic mass is 10.1. The van der Waals surface area contributed by atoms with Crippen LogP contribution in [0.15, 0.2) is 48.5 Å². The number of nitro benzene ring substituents is 1. The van der Waals surface area contributed by atoms with Gasteiger partial charge in [-0.25, -0.2) is 10.1 Å². The van der Waals surface area contributed by atoms with E-state index >= 15 is 0 Å². The van der Waals surface area contributed by atoms with Gasteiger partial charge in [0, 0.05) is 12.1 Å². The minimum atomic E-state index is -0.513. The molecule has 0 saturated carbocycles. The molecule has 0 heterocycles. The number of hydrazine groups is 1. The number of nitrogens with zero attached hydrogens (tertiary/aromatic N) is 3. The number of anilines is 1. The van der Waals surface area contributed by atoms with Crippen LogP contribution in [0, 0.1) is 20.2 Å². The first-order valence-corrected chi connectivity index (χ1v) is 5.72. The van der Waals surface area contributed by atoms with Gasteiger partial charge in [0.1, 0.15) is 5.69 Å². The Hall–Kier alpha value is -2.96. The monoisotopic (exact) mass is 273 g/mol. The van der Waals surface area contributed by atoms with Gasteiger partial charge in [-0.2, -0.15) is 0 Å². The van der Waals surface area contributed by atoms with Gasteiger partial charge in [-0.05, 0) is 35.4 Å². The summed E-state index contributed by atoms with van der Waals surface area (Å²) >= 11 is 0. The second-order valence-corrected chi connectivity index (χ2v) is 4.11. The minimum Gasteiger partial charge on any atom is -0.258 e. The van der Waals surface area contributed by atoms with Gasteiger partial charge >= 0.3 is 0 Å². The highest BCUT2D eigenvalue weighted by atomic mass is 16.7. The van der Waals surface area contributed by atoms with Gasteiger partial charge in [-0.3, -0.25) is 10.1 Å². The zero-order chi connectivity index (χ0) is 14.7. The first kappa shape index (κ1) is 13.5. The number of hydrogen-bond acceptors (Lipinski definition) is 4. The molecule has 0 spiro atoms. The molecule has 2 aromatic carbocycles. The molecule has 2 rings (SSSR count). The third kappa shape index (κ3) is 2.72. The predicted octanol–water partition coefficient (Wildman–Crippen LogP) is 2.89. The van der Waals surface area contributed by atoms with E-state index in [2.05, 4.69) is 0 Å². The van der Waals surface area contributed by atoms with E-state index < -0.39 is 9.96 Å². The summed E-state index contributed by atoms with van der Waals surface area (Å²) in [7, 11) is 1.36. The molecule has 0 radical (unpaired) electrons. The van der Waals surface area contributed by atoms with E-state index in [-0.39, 0.29) is 5.69 Å². The topological polar surface area (TPSA) is 89.5 Å². The molecule has 0 fully saturated rings. The van der Waals surface area contributed by atoms with Crippen molar-refractivity contribution < 1.29 is 9.96 Å². The maximum atomic E-state index is 10.6. The zero-order valence-corrected chi connectivity index (χ0v) is 10.6. The van der Waals surface area contributed by atoms with E-state index in [0.717, 1.165) is 16.1 Å². The number of rotatable bonds is 4. The highest BCUT2D eigenvalue weighted by Gasteiger charge is 2.10. The molecule has 20 heavy (non-hydrogen) atoms. The van der Waals surface area contributed by atoms with Crippen LogP contribution in [-0.4, -0.2) is 17.0 Å². The van der Waals surface area contributed by atoms with E-state index in [1.807, 2.05) is 0 Å². The van der Waals surface area contributed by atoms with Crippen molar-refractivity contribution in [1.82, 2.24) is 0 Å². The van der Waals surface area contributed by atoms with Crippen molar-refractivity contribution in [3.05, 3.63) is 68.8 Å². The van der Waals surface area contributed by atoms with Gasteiger partial charge in [-0.15, -0.1) is 0 Å². The van der Waals surface area contributed by atoms with Crippen molar-refractivity contribution in [3.63, 3.8) is 0 Å². The van der Waals surface area contributed by atoms with Crippen LogP contribution in [0.5, 0.6) is 0 Å². The third-order valence-corrected chi connectivity index (χ3v) is 2.90. The highest BCUT2D eigenvalue weighted by molar-refractivity contribution is 5.67. The van der Waals surface area contributed by atoms with Crippen LogP contribution >= 0.6 is 0 Å². The second kappa shape index (κ2) is 5.35. The summed E-state index contributed by atoms with van der Waals surface area (Å²) in [6.07, 6.45) is 0. The van der Waals surface area contributed by atoms with Crippen LogP contribution in [0.25, 0.3) is 11.1 Å². The Morgan fingerprint density at radius 1 is 0.850 bits per heavy atom. The van der Waals surface area contributed by atoms with Gasteiger partial charge in [0.2, 0.25) is 0 Å². The molecule has 0 aliphatic heterocycles. The van der Waals surface area contributed by atoms with E-state index in [1.165, 1.54) is 19.2 Å². The van der Waals surface area contributed by atoms with Crippen LogP contribution in [0.4, 0.5) is 11.4 Å². The number of benzene rings is 2. The first-order chi connectivity index (χ1) is 9.49. The lowest BCUT2D eigenvalue weighted by Gasteiger charge is -2.09. The van der Waals surface area contributed by atoms with Crippen molar-refractivity contribution in [2.45, 2.75) is 0 Å². The van der Waals surface area contributed by atoms with Crippen LogP contribution in [0.3, 0.4) is 0 Å². The number of non-ortho nitro benzene ring substituents is 1. The lowest BCUT2D eigenvalue weighted by Crippen LogP contribution is -2.24. The van der Waals surface area contributed by atoms with Crippen LogP contribution in [0.1, 0.15) is 0 Å². The predicted molar refractivity (Wildman–Crippen MR) is 73.9 cm³/mol. The molecule has 0 aliphatic rings. The summed E-state index contributed by atoms with van der Waals surface area (Å²) in [5.74, 6) is 0. The number of hydrogen-bond donors (Lipinski definition) is 0. The SMILES string of the molecule is CN(c1ccc(-c2ccc([N+](=O)[O-])cc2)cc1)[N+](=O)[O-]. The fourth-order valence-corrected chi connectivity index (χ4v) is 1.74. The van der Waals surface area contributed by atoms with E-state index in [9.17, 15) is 20.2 Å². The molecule has 0 N–H and O–H groups in total. The van der Waals surface area contributed by atoms with Crippen molar-refractivity contribution in [3.8, 4) is 11.1 Å². The maximum absolute atomic E-state index is 10.6. The molecule has 102 valence electrons. The molecule has 0 aromatic heterocycles. The normalized spacial score (nSPS) is 10.1. The Bertz CT molecular complexity index is 638. The number of nitro groups is 2. The molecule has 0 atom stereocenters. The zero-order valence-electron chi connectivity index (χ0n) is 10.6. The van der Waals surface area contributed by atoms with Gasteiger partial charge in [0.15, 0.2) is 5.03 Å². The molecular formula is C13H11N3O4. The second-order valence-electron chi connectivity index (χ2n) is 4.11. The first-order valence-electron chi connectivity index (χ1n) is 5.72. The van der Waals surface area contributed by atoms with E-state index in [1.54, 1.807) is 36.4 Å². The van der Waals surface area contributed by atoms with Crippen molar-refractivity contribution >= 4 is 11.4 Å². The van der Waals surface area contributed by atoms with Gasteiger partial charge in [-0.1, -0.05) is 17.1 Å². The van der Waals surface area contributed by atoms with Crippen LogP contribution < -0.4 is 5.01 Å². The fraction of sp³-hybridized carbons (Fsp3) is 0.0769. The highest BCUT2D eigenvalue weighted by Crippen LogP contribution is 2.24. The van der Waals surface area contributed by atoms with Crippen molar-refractivity contribution in [1.29, 1.82) is 0 Å². The van der Waals surface area contributed by atoms with Crippen molar-refractivity contribution in [2.24, 2.45) is 0 Å². The smallest absolute Gasteiger partial charge is 0.258 e. The molecule has 0 bridgehead atoms. The summed E-state index contributed by atoms with van der Waals surface area (Å²) < 4.78 is 0. The lowest BCUT2D eigenvalue weighted by molar-refractivity contribution is -0.490. The average molecular weight is 273 g/mol. The quantitative estimate of drug-likeness (QED) is 0.631. The molecular weight excluding hydrogens is 262 g/mol. The molecule has 0 unspecified atom stereocenters. The summed E-state index contributed by atoms with van der Waals surface area (Å²) in [5.41, 5.74) is 2.13. The van der Waals surface area contributed by atoms with E-state index in [4.69, 9.17) is 0 Å². The minimum absolute atomic E-state index is 0.0263. The van der Waals surface area contributed by atoms with Crippen molar-refractivity contribution in [2.75, 3.05) is 12.1 Å².